The standard InChI is InChI=1S/C12H9Br2FN2/c13-9-1-7(2-10(14)4-9)12(16)8-3-11(15)6-17-5-8/h1-6,12H,16H2. The van der Waals surface area contributed by atoms with Gasteiger partial charge in [0.05, 0.1) is 12.2 Å². The summed E-state index contributed by atoms with van der Waals surface area (Å²) in [5.41, 5.74) is 7.61. The minimum Gasteiger partial charge on any atom is -0.320 e. The Hall–Kier alpha value is -0.780. The maximum Gasteiger partial charge on any atom is 0.141 e. The average Bonchev–Trinajstić information content (AvgIpc) is 2.26. The van der Waals surface area contributed by atoms with Gasteiger partial charge in [-0.1, -0.05) is 31.9 Å². The van der Waals surface area contributed by atoms with Crippen molar-refractivity contribution in [3.63, 3.8) is 0 Å². The number of aromatic nitrogens is 1. The van der Waals surface area contributed by atoms with Gasteiger partial charge in [0.2, 0.25) is 0 Å². The second kappa shape index (κ2) is 5.25. The maximum atomic E-state index is 13.1. The number of nitrogens with zero attached hydrogens (tertiary/aromatic N) is 1. The van der Waals surface area contributed by atoms with Gasteiger partial charge < -0.3 is 5.73 Å². The highest BCUT2D eigenvalue weighted by molar-refractivity contribution is 9.11. The van der Waals surface area contributed by atoms with Crippen LogP contribution in [0.4, 0.5) is 4.39 Å². The summed E-state index contributed by atoms with van der Waals surface area (Å²) in [4.78, 5) is 3.80. The number of hydrogen-bond acceptors (Lipinski definition) is 2. The van der Waals surface area contributed by atoms with Crippen LogP contribution in [0.5, 0.6) is 0 Å². The zero-order chi connectivity index (χ0) is 12.4. The van der Waals surface area contributed by atoms with E-state index < -0.39 is 6.04 Å². The van der Waals surface area contributed by atoms with E-state index in [4.69, 9.17) is 5.73 Å². The molecule has 0 radical (unpaired) electrons. The minimum absolute atomic E-state index is 0.382. The molecule has 17 heavy (non-hydrogen) atoms. The monoisotopic (exact) mass is 358 g/mol. The topological polar surface area (TPSA) is 38.9 Å². The van der Waals surface area contributed by atoms with Gasteiger partial charge in [0.15, 0.2) is 0 Å². The first-order chi connectivity index (χ1) is 8.06. The molecule has 2 nitrogen and oxygen atoms in total. The van der Waals surface area contributed by atoms with E-state index in [1.54, 1.807) is 6.20 Å². The minimum atomic E-state index is -0.396. The van der Waals surface area contributed by atoms with Crippen LogP contribution in [-0.2, 0) is 0 Å². The van der Waals surface area contributed by atoms with Gasteiger partial charge >= 0.3 is 0 Å². The lowest BCUT2D eigenvalue weighted by Crippen LogP contribution is -2.12. The van der Waals surface area contributed by atoms with Crippen LogP contribution in [0, 0.1) is 5.82 Å². The zero-order valence-electron chi connectivity index (χ0n) is 8.70. The molecule has 0 spiro atoms. The zero-order valence-corrected chi connectivity index (χ0v) is 11.9. The summed E-state index contributed by atoms with van der Waals surface area (Å²) < 4.78 is 14.9. The molecule has 1 aromatic heterocycles. The van der Waals surface area contributed by atoms with Gasteiger partial charge in [-0.3, -0.25) is 4.98 Å². The highest BCUT2D eigenvalue weighted by Gasteiger charge is 2.11. The molecule has 5 heteroatoms. The molecule has 2 rings (SSSR count). The Morgan fingerprint density at radius 1 is 1.00 bits per heavy atom. The fourth-order valence-corrected chi connectivity index (χ4v) is 2.87. The van der Waals surface area contributed by atoms with Gasteiger partial charge in [-0.15, -0.1) is 0 Å². The first-order valence-corrected chi connectivity index (χ1v) is 6.47. The lowest BCUT2D eigenvalue weighted by molar-refractivity contribution is 0.616. The summed E-state index contributed by atoms with van der Waals surface area (Å²) in [6.07, 6.45) is 2.73. The molecule has 0 aliphatic heterocycles. The van der Waals surface area contributed by atoms with E-state index in [1.807, 2.05) is 18.2 Å². The lowest BCUT2D eigenvalue weighted by Gasteiger charge is -2.13. The normalized spacial score (nSPS) is 12.5. The summed E-state index contributed by atoms with van der Waals surface area (Å²) in [7, 11) is 0. The van der Waals surface area contributed by atoms with Gasteiger partial charge in [-0.05, 0) is 35.4 Å². The van der Waals surface area contributed by atoms with Crippen molar-refractivity contribution < 1.29 is 4.39 Å². The van der Waals surface area contributed by atoms with Crippen molar-refractivity contribution in [3.05, 3.63) is 62.5 Å². The predicted octanol–water partition coefficient (Wildman–Crippen LogP) is 3.79. The van der Waals surface area contributed by atoms with Crippen LogP contribution in [-0.4, -0.2) is 4.98 Å². The van der Waals surface area contributed by atoms with Crippen LogP contribution in [0.3, 0.4) is 0 Å². The molecule has 1 aromatic carbocycles. The summed E-state index contributed by atoms with van der Waals surface area (Å²) in [6, 6.07) is 6.72. The Kier molecular flexibility index (Phi) is 3.91. The Morgan fingerprint density at radius 3 is 2.24 bits per heavy atom. The van der Waals surface area contributed by atoms with Crippen LogP contribution in [0.1, 0.15) is 17.2 Å². The van der Waals surface area contributed by atoms with Crippen LogP contribution < -0.4 is 5.73 Å². The first kappa shape index (κ1) is 12.7. The molecular formula is C12H9Br2FN2. The van der Waals surface area contributed by atoms with Crippen molar-refractivity contribution in [3.8, 4) is 0 Å². The summed E-state index contributed by atoms with van der Waals surface area (Å²) in [6.45, 7) is 0. The molecular weight excluding hydrogens is 351 g/mol. The molecule has 0 saturated carbocycles. The van der Waals surface area contributed by atoms with E-state index in [0.717, 1.165) is 20.7 Å². The highest BCUT2D eigenvalue weighted by Crippen LogP contribution is 2.26. The van der Waals surface area contributed by atoms with Gasteiger partial charge in [-0.2, -0.15) is 0 Å². The van der Waals surface area contributed by atoms with E-state index in [0.29, 0.717) is 5.56 Å². The molecule has 0 amide bonds. The number of halogens is 3. The molecule has 0 saturated heterocycles. The number of nitrogens with two attached hydrogens (primary N) is 1. The third-order valence-corrected chi connectivity index (χ3v) is 3.24. The summed E-state index contributed by atoms with van der Waals surface area (Å²) in [5.74, 6) is -0.382. The SMILES string of the molecule is NC(c1cncc(F)c1)c1cc(Br)cc(Br)c1. The number of hydrogen-bond donors (Lipinski definition) is 1. The predicted molar refractivity (Wildman–Crippen MR) is 72.1 cm³/mol. The maximum absolute atomic E-state index is 13.1. The molecule has 1 heterocycles. The lowest BCUT2D eigenvalue weighted by atomic mass is 10.0. The van der Waals surface area contributed by atoms with Gasteiger partial charge in [0, 0.05) is 15.1 Å². The molecule has 2 aromatic rings. The smallest absolute Gasteiger partial charge is 0.141 e. The second-order valence-electron chi connectivity index (χ2n) is 3.62. The van der Waals surface area contributed by atoms with Crippen molar-refractivity contribution in [2.75, 3.05) is 0 Å². The van der Waals surface area contributed by atoms with E-state index in [9.17, 15) is 4.39 Å². The molecule has 1 unspecified atom stereocenters. The van der Waals surface area contributed by atoms with Crippen LogP contribution in [0.25, 0.3) is 0 Å². The largest absolute Gasteiger partial charge is 0.320 e. The molecule has 88 valence electrons. The summed E-state index contributed by atoms with van der Waals surface area (Å²) in [5, 5.41) is 0. The molecule has 1 atom stereocenters. The van der Waals surface area contributed by atoms with Crippen LogP contribution >= 0.6 is 31.9 Å². The molecule has 0 aliphatic rings. The van der Waals surface area contributed by atoms with Gasteiger partial charge in [-0.25, -0.2) is 4.39 Å². The molecule has 2 N–H and O–H groups in total. The Balaban J connectivity index is 2.39. The number of pyridine rings is 1. The molecule has 0 aliphatic carbocycles. The fourth-order valence-electron chi connectivity index (χ4n) is 1.55. The van der Waals surface area contributed by atoms with Crippen molar-refractivity contribution >= 4 is 31.9 Å². The quantitative estimate of drug-likeness (QED) is 0.885. The van der Waals surface area contributed by atoms with Crippen molar-refractivity contribution in [2.24, 2.45) is 5.73 Å². The van der Waals surface area contributed by atoms with E-state index >= 15 is 0 Å². The second-order valence-corrected chi connectivity index (χ2v) is 5.45. The van der Waals surface area contributed by atoms with E-state index in [-0.39, 0.29) is 5.82 Å². The highest BCUT2D eigenvalue weighted by atomic mass is 79.9. The fraction of sp³-hybridized carbons (Fsp3) is 0.0833. The van der Waals surface area contributed by atoms with Crippen LogP contribution in [0.2, 0.25) is 0 Å². The molecule has 0 fully saturated rings. The average molecular weight is 360 g/mol. The Bertz CT molecular complexity index is 526. The third-order valence-electron chi connectivity index (χ3n) is 2.33. The van der Waals surface area contributed by atoms with Crippen molar-refractivity contribution in [1.29, 1.82) is 0 Å². The first-order valence-electron chi connectivity index (χ1n) is 4.88. The molecule has 0 bridgehead atoms. The summed E-state index contributed by atoms with van der Waals surface area (Å²) >= 11 is 6.79. The Morgan fingerprint density at radius 2 is 1.65 bits per heavy atom. The van der Waals surface area contributed by atoms with E-state index in [2.05, 4.69) is 36.8 Å². The van der Waals surface area contributed by atoms with Crippen LogP contribution in [0.15, 0.2) is 45.6 Å². The third kappa shape index (κ3) is 3.12. The van der Waals surface area contributed by atoms with E-state index in [1.165, 1.54) is 6.07 Å². The number of rotatable bonds is 2. The van der Waals surface area contributed by atoms with Gasteiger partial charge in [0.25, 0.3) is 0 Å². The Labute approximate surface area is 115 Å². The van der Waals surface area contributed by atoms with Crippen molar-refractivity contribution in [1.82, 2.24) is 4.98 Å². The van der Waals surface area contributed by atoms with Crippen molar-refractivity contribution in [2.45, 2.75) is 6.04 Å². The van der Waals surface area contributed by atoms with Gasteiger partial charge in [0.1, 0.15) is 5.82 Å². The number of benzene rings is 1.